The Balaban J connectivity index is 1.73. The number of carbonyl (C=O) groups excluding carboxylic acids is 1. The van der Waals surface area contributed by atoms with Crippen molar-refractivity contribution in [2.75, 3.05) is 49.9 Å². The topological polar surface area (TPSA) is 107 Å². The number of ether oxygens (including phenoxy) is 2. The average Bonchev–Trinajstić information content (AvgIpc) is 3.29. The monoisotopic (exact) mass is 491 g/mol. The van der Waals surface area contributed by atoms with Crippen LogP contribution in [-0.4, -0.2) is 70.1 Å². The normalized spacial score (nSPS) is 13.7. The molecule has 1 saturated heterocycles. The maximum Gasteiger partial charge on any atom is 0.360 e. The summed E-state index contributed by atoms with van der Waals surface area (Å²) in [5, 5.41) is 3.34. The van der Waals surface area contributed by atoms with Crippen LogP contribution in [0.2, 0.25) is 0 Å². The van der Waals surface area contributed by atoms with Gasteiger partial charge in [-0.1, -0.05) is 0 Å². The van der Waals surface area contributed by atoms with Gasteiger partial charge in [0, 0.05) is 60.4 Å². The first-order chi connectivity index (χ1) is 17.1. The third-order valence-corrected chi connectivity index (χ3v) is 6.75. The van der Waals surface area contributed by atoms with E-state index in [1.807, 2.05) is 30.1 Å². The molecule has 0 unspecified atom stereocenters. The molecule has 0 spiro atoms. The highest BCUT2D eigenvalue weighted by atomic mass is 32.2. The van der Waals surface area contributed by atoms with Gasteiger partial charge in [-0.05, 0) is 18.4 Å². The highest BCUT2D eigenvalue weighted by Gasteiger charge is 2.24. The number of anilines is 3. The minimum Gasteiger partial charge on any atom is -0.464 e. The molecule has 35 heavy (non-hydrogen) atoms. The van der Waals surface area contributed by atoms with Crippen LogP contribution in [0.4, 0.5) is 17.2 Å². The first kappa shape index (κ1) is 23.1. The maximum absolute atomic E-state index is 12.3. The second-order valence-electron chi connectivity index (χ2n) is 7.92. The minimum atomic E-state index is -0.564. The highest BCUT2D eigenvalue weighted by Crippen LogP contribution is 2.45. The van der Waals surface area contributed by atoms with Gasteiger partial charge in [0.05, 0.1) is 49.6 Å². The van der Waals surface area contributed by atoms with Crippen molar-refractivity contribution in [3.8, 4) is 11.1 Å². The molecule has 1 aromatic carbocycles. The molecule has 1 N–H and O–H groups in total. The number of morpholine rings is 1. The summed E-state index contributed by atoms with van der Waals surface area (Å²) >= 11 is 1.65. The Morgan fingerprint density at radius 2 is 1.94 bits per heavy atom. The van der Waals surface area contributed by atoms with Gasteiger partial charge in [0.1, 0.15) is 0 Å². The predicted octanol–water partition coefficient (Wildman–Crippen LogP) is 3.51. The molecule has 180 valence electrons. The number of hydrogen-bond acceptors (Lipinski definition) is 10. The molecular weight excluding hydrogens is 466 g/mol. The molecule has 0 aliphatic carbocycles. The highest BCUT2D eigenvalue weighted by molar-refractivity contribution is 7.99. The summed E-state index contributed by atoms with van der Waals surface area (Å²) in [4.78, 5) is 33.5. The minimum absolute atomic E-state index is 0.109. The zero-order valence-corrected chi connectivity index (χ0v) is 20.5. The van der Waals surface area contributed by atoms with E-state index < -0.39 is 5.97 Å². The molecule has 4 aromatic rings. The van der Waals surface area contributed by atoms with Crippen LogP contribution in [0, 0.1) is 0 Å². The molecular formula is C24H25N7O3S. The number of methoxy groups -OCH3 is 1. The fourth-order valence-electron chi connectivity index (χ4n) is 4.23. The smallest absolute Gasteiger partial charge is 0.360 e. The van der Waals surface area contributed by atoms with Gasteiger partial charge in [-0.2, -0.15) is 0 Å². The van der Waals surface area contributed by atoms with Crippen molar-refractivity contribution in [2.45, 2.75) is 4.90 Å². The van der Waals surface area contributed by atoms with E-state index in [9.17, 15) is 4.79 Å². The lowest BCUT2D eigenvalue weighted by Crippen LogP contribution is -2.36. The molecule has 0 saturated carbocycles. The summed E-state index contributed by atoms with van der Waals surface area (Å²) in [7, 11) is 3.27. The number of hydrogen-bond donors (Lipinski definition) is 1. The molecule has 5 rings (SSSR count). The number of fused-ring (bicyclic) bond motifs is 1. The summed E-state index contributed by atoms with van der Waals surface area (Å²) in [6.07, 6.45) is 10.5. The molecule has 1 aliphatic rings. The van der Waals surface area contributed by atoms with Gasteiger partial charge in [-0.3, -0.25) is 4.98 Å². The number of aromatic nitrogens is 5. The average molecular weight is 492 g/mol. The molecule has 1 fully saturated rings. The number of carbonyl (C=O) groups is 1. The van der Waals surface area contributed by atoms with Crippen LogP contribution in [0.15, 0.2) is 48.1 Å². The largest absolute Gasteiger partial charge is 0.464 e. The lowest BCUT2D eigenvalue weighted by atomic mass is 10.0. The molecule has 3 aromatic heterocycles. The third-order valence-electron chi connectivity index (χ3n) is 5.93. The van der Waals surface area contributed by atoms with Crippen LogP contribution in [0.1, 0.15) is 10.5 Å². The Hall–Kier alpha value is -3.70. The molecule has 0 bridgehead atoms. The molecule has 0 atom stereocenters. The van der Waals surface area contributed by atoms with E-state index in [1.165, 1.54) is 19.5 Å². The van der Waals surface area contributed by atoms with E-state index >= 15 is 0 Å². The van der Waals surface area contributed by atoms with Crippen molar-refractivity contribution in [3.05, 3.63) is 48.9 Å². The van der Waals surface area contributed by atoms with Crippen LogP contribution in [-0.2, 0) is 16.5 Å². The van der Waals surface area contributed by atoms with Gasteiger partial charge >= 0.3 is 5.97 Å². The maximum atomic E-state index is 12.3. The van der Waals surface area contributed by atoms with Gasteiger partial charge in [0.15, 0.2) is 11.5 Å². The van der Waals surface area contributed by atoms with Gasteiger partial charge in [0.2, 0.25) is 0 Å². The summed E-state index contributed by atoms with van der Waals surface area (Å²) in [6.45, 7) is 2.98. The Bertz CT molecular complexity index is 1390. The number of esters is 1. The van der Waals surface area contributed by atoms with Crippen molar-refractivity contribution in [1.82, 2.24) is 24.5 Å². The Kier molecular flexibility index (Phi) is 6.51. The molecule has 1 aliphatic heterocycles. The van der Waals surface area contributed by atoms with Crippen LogP contribution in [0.25, 0.3) is 22.2 Å². The van der Waals surface area contributed by atoms with Crippen molar-refractivity contribution >= 4 is 46.0 Å². The number of nitrogens with zero attached hydrogens (tertiary/aromatic N) is 6. The van der Waals surface area contributed by atoms with Gasteiger partial charge in [0.25, 0.3) is 0 Å². The lowest BCUT2D eigenvalue weighted by molar-refractivity contribution is 0.0595. The van der Waals surface area contributed by atoms with E-state index in [0.29, 0.717) is 19.0 Å². The van der Waals surface area contributed by atoms with E-state index in [1.54, 1.807) is 18.1 Å². The number of pyridine rings is 1. The Morgan fingerprint density at radius 1 is 1.14 bits per heavy atom. The van der Waals surface area contributed by atoms with E-state index in [4.69, 9.17) is 9.47 Å². The van der Waals surface area contributed by atoms with E-state index in [2.05, 4.69) is 42.5 Å². The first-order valence-electron chi connectivity index (χ1n) is 11.1. The summed E-state index contributed by atoms with van der Waals surface area (Å²) in [5.74, 6) is -0.251. The standard InChI is InChI=1S/C24H25N7O3S/c1-30-14-28-20-15(12-25-13-18(20)30)19-16(29-23-21(24(32)33-2)26-6-7-27-23)4-5-17(22(19)35-3)31-8-10-34-11-9-31/h4-7,12-14H,8-11H2,1-3H3,(H,27,29). The van der Waals surface area contributed by atoms with Crippen LogP contribution < -0.4 is 10.2 Å². The molecule has 4 heterocycles. The zero-order valence-electron chi connectivity index (χ0n) is 19.7. The number of benzene rings is 1. The quantitative estimate of drug-likeness (QED) is 0.318. The fraction of sp³-hybridized carbons (Fsp3) is 0.292. The summed E-state index contributed by atoms with van der Waals surface area (Å²) in [5.41, 5.74) is 5.56. The Morgan fingerprint density at radius 3 is 2.71 bits per heavy atom. The van der Waals surface area contributed by atoms with Gasteiger partial charge in [-0.25, -0.2) is 19.7 Å². The number of nitrogens with one attached hydrogen (secondary N) is 1. The summed E-state index contributed by atoms with van der Waals surface area (Å²) in [6, 6.07) is 4.08. The first-order valence-corrected chi connectivity index (χ1v) is 12.3. The molecule has 10 nitrogen and oxygen atoms in total. The van der Waals surface area contributed by atoms with Crippen molar-refractivity contribution in [2.24, 2.45) is 7.05 Å². The Labute approximate surface area is 206 Å². The molecule has 11 heteroatoms. The second-order valence-corrected chi connectivity index (χ2v) is 8.74. The second kappa shape index (κ2) is 9.88. The van der Waals surface area contributed by atoms with Crippen LogP contribution in [0.5, 0.6) is 0 Å². The van der Waals surface area contributed by atoms with E-state index in [0.717, 1.165) is 51.5 Å². The van der Waals surface area contributed by atoms with Gasteiger partial charge in [-0.15, -0.1) is 11.8 Å². The van der Waals surface area contributed by atoms with Crippen LogP contribution >= 0.6 is 11.8 Å². The van der Waals surface area contributed by atoms with Crippen molar-refractivity contribution < 1.29 is 14.3 Å². The molecule has 0 amide bonds. The van der Waals surface area contributed by atoms with Crippen molar-refractivity contribution in [3.63, 3.8) is 0 Å². The van der Waals surface area contributed by atoms with Gasteiger partial charge < -0.3 is 24.3 Å². The predicted molar refractivity (Wildman–Crippen MR) is 135 cm³/mol. The van der Waals surface area contributed by atoms with E-state index in [-0.39, 0.29) is 5.69 Å². The van der Waals surface area contributed by atoms with Crippen LogP contribution in [0.3, 0.4) is 0 Å². The summed E-state index contributed by atoms with van der Waals surface area (Å²) < 4.78 is 12.4. The molecule has 0 radical (unpaired) electrons. The number of aryl methyl sites for hydroxylation is 1. The number of imidazole rings is 1. The zero-order chi connectivity index (χ0) is 24.4. The van der Waals surface area contributed by atoms with Crippen molar-refractivity contribution in [1.29, 1.82) is 0 Å². The number of thioether (sulfide) groups is 1. The lowest BCUT2D eigenvalue weighted by Gasteiger charge is -2.31. The SMILES string of the molecule is COC(=O)c1nccnc1Nc1ccc(N2CCOCC2)c(SC)c1-c1cncc2c1ncn2C. The fourth-order valence-corrected chi connectivity index (χ4v) is 5.06. The number of rotatable bonds is 6. The third kappa shape index (κ3) is 4.28.